The number of aryl methyl sites for hydroxylation is 1. The number of halogens is 3. The molecule has 0 aliphatic carbocycles. The Morgan fingerprint density at radius 1 is 1.03 bits per heavy atom. The normalized spacial score (nSPS) is 14.4. The summed E-state index contributed by atoms with van der Waals surface area (Å²) in [5.74, 6) is -0.541. The number of amides is 2. The molecule has 0 saturated carbocycles. The minimum absolute atomic E-state index is 0.119. The summed E-state index contributed by atoms with van der Waals surface area (Å²) < 4.78 is 17.9. The zero-order chi connectivity index (χ0) is 25.7. The van der Waals surface area contributed by atoms with E-state index in [1.807, 2.05) is 43.3 Å². The highest BCUT2D eigenvalue weighted by Crippen LogP contribution is 2.25. The summed E-state index contributed by atoms with van der Waals surface area (Å²) in [5, 5.41) is 5.92. The molecular formula is C26H24BrFIN5O2. The summed E-state index contributed by atoms with van der Waals surface area (Å²) in [6.07, 6.45) is 2.86. The number of hydrogen-bond acceptors (Lipinski definition) is 4. The lowest BCUT2D eigenvalue weighted by molar-refractivity contribution is -0.117. The van der Waals surface area contributed by atoms with Gasteiger partial charge in [-0.05, 0) is 89.3 Å². The first-order chi connectivity index (χ1) is 17.3. The molecule has 1 aromatic heterocycles. The number of carbonyl (C=O) groups excluding carboxylic acids is 2. The fraction of sp³-hybridized carbons (Fsp3) is 0.231. The van der Waals surface area contributed by atoms with Crippen molar-refractivity contribution < 1.29 is 14.0 Å². The summed E-state index contributed by atoms with van der Waals surface area (Å²) in [5.41, 5.74) is 4.34. The van der Waals surface area contributed by atoms with Gasteiger partial charge in [0.1, 0.15) is 5.82 Å². The first kappa shape index (κ1) is 26.2. The number of Topliss-reactive ketones (excluding diaryl/α,β-unsaturated/α-hetero) is 1. The second-order valence-electron chi connectivity index (χ2n) is 8.51. The fourth-order valence-corrected chi connectivity index (χ4v) is 4.78. The second-order valence-corrected chi connectivity index (χ2v) is 9.84. The van der Waals surface area contributed by atoms with Crippen molar-refractivity contribution in [3.63, 3.8) is 0 Å². The van der Waals surface area contributed by atoms with Crippen LogP contribution in [0.25, 0.3) is 11.1 Å². The number of carbonyl (C=O) groups is 2. The molecule has 1 aliphatic heterocycles. The second kappa shape index (κ2) is 11.9. The number of pyridine rings is 1. The highest BCUT2D eigenvalue weighted by Gasteiger charge is 2.30. The minimum Gasteiger partial charge on any atom is -0.337 e. The van der Waals surface area contributed by atoms with E-state index in [9.17, 15) is 14.0 Å². The molecule has 1 fully saturated rings. The Kier molecular flexibility index (Phi) is 8.68. The number of nitrogens with one attached hydrogen (secondary N) is 2. The van der Waals surface area contributed by atoms with E-state index >= 15 is 0 Å². The Balaban J connectivity index is 1.30. The Morgan fingerprint density at radius 2 is 1.72 bits per heavy atom. The van der Waals surface area contributed by atoms with Gasteiger partial charge in [0.25, 0.3) is 0 Å². The van der Waals surface area contributed by atoms with Crippen molar-refractivity contribution in [2.24, 2.45) is 9.12 Å². The smallest absolute Gasteiger partial charge is 0.321 e. The number of hydrogen-bond donors (Lipinski definition) is 2. The van der Waals surface area contributed by atoms with Gasteiger partial charge in [-0.1, -0.05) is 12.1 Å². The molecule has 36 heavy (non-hydrogen) atoms. The first-order valence-corrected chi connectivity index (χ1v) is 13.1. The lowest BCUT2D eigenvalue weighted by atomic mass is 9.92. The SMILES string of the molecule is Cc1cc(-c2ccc(NC(=O)N3CCC(C(=O)/C(=N/I)Nc4ccc(F)c(Br)c4)CC3)cc2)ccn1. The van der Waals surface area contributed by atoms with Crippen LogP contribution in [0.5, 0.6) is 0 Å². The van der Waals surface area contributed by atoms with E-state index in [-0.39, 0.29) is 29.4 Å². The number of likely N-dealkylation sites (tertiary alicyclic amines) is 1. The van der Waals surface area contributed by atoms with Crippen LogP contribution < -0.4 is 10.6 Å². The van der Waals surface area contributed by atoms with Crippen molar-refractivity contribution >= 4 is 67.8 Å². The fourth-order valence-electron chi connectivity index (χ4n) is 4.05. The van der Waals surface area contributed by atoms with Gasteiger partial charge >= 0.3 is 6.03 Å². The third-order valence-electron chi connectivity index (χ3n) is 6.02. The van der Waals surface area contributed by atoms with Gasteiger partial charge in [0.2, 0.25) is 5.78 Å². The van der Waals surface area contributed by atoms with Gasteiger partial charge in [0, 0.05) is 42.3 Å². The Morgan fingerprint density at radius 3 is 2.36 bits per heavy atom. The number of aromatic nitrogens is 1. The Labute approximate surface area is 231 Å². The predicted octanol–water partition coefficient (Wildman–Crippen LogP) is 6.63. The van der Waals surface area contributed by atoms with Gasteiger partial charge in [0.05, 0.1) is 27.3 Å². The van der Waals surface area contributed by atoms with Crippen LogP contribution in [0.1, 0.15) is 18.5 Å². The standard InChI is InChI=1S/C26H24BrFIN5O2/c1-16-14-19(8-11-30-16)17-2-4-20(5-3-17)32-26(36)34-12-9-18(10-13-34)24(35)25(33-29)31-21-6-7-23(28)22(27)15-21/h2-8,11,14-15,18H,9-10,12-13H2,1H3,(H,31,33)(H,32,36). The molecule has 7 nitrogen and oxygen atoms in total. The van der Waals surface area contributed by atoms with Crippen molar-refractivity contribution in [2.75, 3.05) is 23.7 Å². The largest absolute Gasteiger partial charge is 0.337 e. The van der Waals surface area contributed by atoms with Gasteiger partial charge < -0.3 is 15.5 Å². The molecule has 2 N–H and O–H groups in total. The molecule has 1 saturated heterocycles. The number of urea groups is 1. The summed E-state index contributed by atoms with van der Waals surface area (Å²) in [4.78, 5) is 31.7. The first-order valence-electron chi connectivity index (χ1n) is 11.4. The molecular weight excluding hydrogens is 640 g/mol. The zero-order valence-corrected chi connectivity index (χ0v) is 23.2. The van der Waals surface area contributed by atoms with E-state index in [1.165, 1.54) is 6.07 Å². The summed E-state index contributed by atoms with van der Waals surface area (Å²) in [6, 6.07) is 15.9. The highest BCUT2D eigenvalue weighted by atomic mass is 127. The molecule has 1 aliphatic rings. The Bertz CT molecular complexity index is 1290. The van der Waals surface area contributed by atoms with Crippen molar-refractivity contribution in [3.8, 4) is 11.1 Å². The minimum atomic E-state index is -0.384. The van der Waals surface area contributed by atoms with Crippen LogP contribution in [-0.2, 0) is 4.79 Å². The van der Waals surface area contributed by atoms with Crippen molar-refractivity contribution in [1.29, 1.82) is 0 Å². The number of piperidine rings is 1. The molecule has 0 unspecified atom stereocenters. The number of amidine groups is 1. The average molecular weight is 664 g/mol. The maximum absolute atomic E-state index is 13.5. The number of nitrogens with zero attached hydrogens (tertiary/aromatic N) is 3. The predicted molar refractivity (Wildman–Crippen MR) is 152 cm³/mol. The average Bonchev–Trinajstić information content (AvgIpc) is 2.89. The van der Waals surface area contributed by atoms with Crippen LogP contribution >= 0.6 is 38.8 Å². The van der Waals surface area contributed by atoms with Crippen molar-refractivity contribution in [3.05, 3.63) is 76.8 Å². The van der Waals surface area contributed by atoms with E-state index in [0.717, 1.165) is 16.8 Å². The van der Waals surface area contributed by atoms with Crippen LogP contribution in [0.2, 0.25) is 0 Å². The van der Waals surface area contributed by atoms with Gasteiger partial charge in [-0.3, -0.25) is 9.78 Å². The molecule has 0 atom stereocenters. The zero-order valence-electron chi connectivity index (χ0n) is 19.5. The topological polar surface area (TPSA) is 86.7 Å². The van der Waals surface area contributed by atoms with Crippen LogP contribution in [0.4, 0.5) is 20.6 Å². The molecule has 0 spiro atoms. The molecule has 2 amide bonds. The molecule has 2 heterocycles. The lowest BCUT2D eigenvalue weighted by Crippen LogP contribution is -2.44. The van der Waals surface area contributed by atoms with Crippen LogP contribution in [0.3, 0.4) is 0 Å². The van der Waals surface area contributed by atoms with Crippen LogP contribution in [0.15, 0.2) is 68.5 Å². The van der Waals surface area contributed by atoms with Gasteiger partial charge in [0.15, 0.2) is 5.84 Å². The van der Waals surface area contributed by atoms with Crippen molar-refractivity contribution in [1.82, 2.24) is 9.88 Å². The molecule has 10 heteroatoms. The summed E-state index contributed by atoms with van der Waals surface area (Å²) in [6.45, 7) is 2.88. The van der Waals surface area contributed by atoms with E-state index in [0.29, 0.717) is 41.8 Å². The summed E-state index contributed by atoms with van der Waals surface area (Å²) in [7, 11) is 0. The Hall–Kier alpha value is -2.86. The number of anilines is 2. The summed E-state index contributed by atoms with van der Waals surface area (Å²) >= 11 is 4.92. The molecule has 3 aromatic rings. The molecule has 4 rings (SSSR count). The number of ketones is 1. The molecule has 186 valence electrons. The maximum Gasteiger partial charge on any atom is 0.321 e. The molecule has 0 radical (unpaired) electrons. The monoisotopic (exact) mass is 663 g/mol. The van der Waals surface area contributed by atoms with Crippen LogP contribution in [-0.4, -0.2) is 40.6 Å². The molecule has 0 bridgehead atoms. The van der Waals surface area contributed by atoms with E-state index < -0.39 is 0 Å². The maximum atomic E-state index is 13.5. The van der Waals surface area contributed by atoms with Crippen LogP contribution in [0, 0.1) is 18.7 Å². The third-order valence-corrected chi connectivity index (χ3v) is 7.11. The van der Waals surface area contributed by atoms with Crippen molar-refractivity contribution in [2.45, 2.75) is 19.8 Å². The number of rotatable bonds is 5. The highest BCUT2D eigenvalue weighted by molar-refractivity contribution is 14.1. The van der Waals surface area contributed by atoms with E-state index in [2.05, 4.69) is 34.8 Å². The molecule has 2 aromatic carbocycles. The van der Waals surface area contributed by atoms with Gasteiger partial charge in [-0.2, -0.15) is 3.21 Å². The number of benzene rings is 2. The third kappa shape index (κ3) is 6.47. The van der Waals surface area contributed by atoms with Gasteiger partial charge in [-0.25, -0.2) is 9.18 Å². The van der Waals surface area contributed by atoms with E-state index in [4.69, 9.17) is 0 Å². The van der Waals surface area contributed by atoms with E-state index in [1.54, 1.807) is 46.1 Å². The quantitative estimate of drug-likeness (QED) is 0.182. The van der Waals surface area contributed by atoms with Gasteiger partial charge in [-0.15, -0.1) is 0 Å². The lowest BCUT2D eigenvalue weighted by Gasteiger charge is -2.31.